The van der Waals surface area contributed by atoms with Gasteiger partial charge in [-0.3, -0.25) is 4.79 Å². The Morgan fingerprint density at radius 2 is 1.62 bits per heavy atom. The number of halogens is 4. The van der Waals surface area contributed by atoms with Gasteiger partial charge in [0.2, 0.25) is 5.88 Å². The molecule has 4 rings (SSSR count). The summed E-state index contributed by atoms with van der Waals surface area (Å²) in [6.07, 6.45) is -4.52. The number of pyridine rings is 1. The van der Waals surface area contributed by atoms with Crippen molar-refractivity contribution in [1.82, 2.24) is 14.8 Å². The Bertz CT molecular complexity index is 1320. The summed E-state index contributed by atoms with van der Waals surface area (Å²) in [4.78, 5) is 17.6. The monoisotopic (exact) mass is 491 g/mol. The van der Waals surface area contributed by atoms with Gasteiger partial charge in [0.05, 0.1) is 18.4 Å². The Balaban J connectivity index is 0.00000158. The van der Waals surface area contributed by atoms with E-state index >= 15 is 0 Å². The molecule has 0 saturated carbocycles. The summed E-state index contributed by atoms with van der Waals surface area (Å²) in [6, 6.07) is 15.9. The molecule has 2 aromatic heterocycles. The van der Waals surface area contributed by atoms with Crippen molar-refractivity contribution in [1.29, 1.82) is 0 Å². The topological polar surface area (TPSA) is 66.2 Å². The lowest BCUT2D eigenvalue weighted by atomic mass is 10.1. The van der Waals surface area contributed by atoms with E-state index in [2.05, 4.69) is 10.1 Å². The van der Waals surface area contributed by atoms with Crippen LogP contribution in [0.5, 0.6) is 11.6 Å². The zero-order chi connectivity index (χ0) is 24.9. The highest BCUT2D eigenvalue weighted by Gasteiger charge is 2.29. The maximum atomic E-state index is 13.4. The van der Waals surface area contributed by atoms with Crippen molar-refractivity contribution < 1.29 is 22.6 Å². The number of hydrogen-bond acceptors (Lipinski definition) is 5. The summed E-state index contributed by atoms with van der Waals surface area (Å²) in [6.45, 7) is 2.50. The summed E-state index contributed by atoms with van der Waals surface area (Å²) in [5.41, 5.74) is 1.01. The van der Waals surface area contributed by atoms with Crippen LogP contribution in [0.2, 0.25) is 5.02 Å². The second-order valence-corrected chi connectivity index (χ2v) is 7.15. The molecular weight excluding hydrogens is 471 g/mol. The Labute approximate surface area is 198 Å². The van der Waals surface area contributed by atoms with Crippen LogP contribution in [0.3, 0.4) is 0 Å². The van der Waals surface area contributed by atoms with Crippen LogP contribution in [0.4, 0.5) is 13.2 Å². The molecule has 2 heterocycles. The van der Waals surface area contributed by atoms with Crippen LogP contribution in [0.15, 0.2) is 65.5 Å². The highest BCUT2D eigenvalue weighted by molar-refractivity contribution is 6.30. The molecule has 2 aromatic carbocycles. The first kappa shape index (κ1) is 25.0. The molecule has 0 aliphatic heterocycles. The molecule has 0 aliphatic rings. The quantitative estimate of drug-likeness (QED) is 0.338. The minimum Gasteiger partial charge on any atom is -0.497 e. The van der Waals surface area contributed by atoms with E-state index in [0.29, 0.717) is 27.5 Å². The minimum atomic E-state index is -4.52. The van der Waals surface area contributed by atoms with Crippen LogP contribution >= 0.6 is 11.6 Å². The van der Waals surface area contributed by atoms with E-state index in [1.54, 1.807) is 48.5 Å². The normalized spacial score (nSPS) is 11.0. The van der Waals surface area contributed by atoms with E-state index in [9.17, 15) is 18.0 Å². The number of fused-ring (bicyclic) bond motifs is 1. The molecule has 0 unspecified atom stereocenters. The number of ether oxygens (including phenoxy) is 2. The van der Waals surface area contributed by atoms with Crippen molar-refractivity contribution in [2.75, 3.05) is 13.7 Å². The molecule has 0 amide bonds. The van der Waals surface area contributed by atoms with E-state index in [4.69, 9.17) is 21.1 Å². The summed E-state index contributed by atoms with van der Waals surface area (Å²) in [7, 11) is 1.53. The molecular formula is C24H21ClF3N3O3. The summed E-state index contributed by atoms with van der Waals surface area (Å²) >= 11 is 5.97. The number of hydrogen-bond donors (Lipinski definition) is 0. The summed E-state index contributed by atoms with van der Waals surface area (Å²) in [5.74, 6) is 0.335. The van der Waals surface area contributed by atoms with Gasteiger partial charge in [-0.05, 0) is 48.0 Å². The molecule has 10 heteroatoms. The van der Waals surface area contributed by atoms with Gasteiger partial charge in [-0.1, -0.05) is 37.6 Å². The molecule has 4 aromatic rings. The lowest BCUT2D eigenvalue weighted by molar-refractivity contribution is -0.154. The summed E-state index contributed by atoms with van der Waals surface area (Å²) in [5, 5.41) is 4.81. The Morgan fingerprint density at radius 1 is 0.971 bits per heavy atom. The van der Waals surface area contributed by atoms with E-state index < -0.39 is 18.3 Å². The van der Waals surface area contributed by atoms with Crippen LogP contribution in [0.25, 0.3) is 27.8 Å². The molecule has 34 heavy (non-hydrogen) atoms. The molecule has 0 spiro atoms. The molecule has 0 fully saturated rings. The summed E-state index contributed by atoms with van der Waals surface area (Å²) < 4.78 is 48.8. The third kappa shape index (κ3) is 5.66. The van der Waals surface area contributed by atoms with Crippen molar-refractivity contribution >= 4 is 22.6 Å². The van der Waals surface area contributed by atoms with Crippen molar-refractivity contribution in [2.24, 2.45) is 0 Å². The van der Waals surface area contributed by atoms with E-state index in [1.165, 1.54) is 23.9 Å². The lowest BCUT2D eigenvalue weighted by Crippen LogP contribution is -2.24. The second kappa shape index (κ2) is 10.6. The van der Waals surface area contributed by atoms with Gasteiger partial charge in [0, 0.05) is 11.1 Å². The van der Waals surface area contributed by atoms with Crippen LogP contribution in [-0.2, 0) is 0 Å². The van der Waals surface area contributed by atoms with E-state index in [-0.39, 0.29) is 17.0 Å². The zero-order valence-electron chi connectivity index (χ0n) is 18.6. The van der Waals surface area contributed by atoms with Gasteiger partial charge in [0.15, 0.2) is 6.61 Å². The number of methoxy groups -OCH3 is 1. The Hall–Kier alpha value is -3.59. The van der Waals surface area contributed by atoms with Crippen molar-refractivity contribution in [2.45, 2.75) is 20.0 Å². The van der Waals surface area contributed by atoms with Gasteiger partial charge in [-0.2, -0.15) is 23.0 Å². The smallest absolute Gasteiger partial charge is 0.422 e. The largest absolute Gasteiger partial charge is 0.497 e. The van der Waals surface area contributed by atoms with Crippen LogP contribution in [-0.4, -0.2) is 34.7 Å². The minimum absolute atomic E-state index is 0.113. The van der Waals surface area contributed by atoms with Gasteiger partial charge in [-0.25, -0.2) is 4.98 Å². The fourth-order valence-corrected chi connectivity index (χ4v) is 3.20. The van der Waals surface area contributed by atoms with Gasteiger partial charge in [-0.15, -0.1) is 0 Å². The van der Waals surface area contributed by atoms with E-state index in [1.807, 2.05) is 13.8 Å². The zero-order valence-corrected chi connectivity index (χ0v) is 19.3. The Kier molecular flexibility index (Phi) is 7.78. The lowest BCUT2D eigenvalue weighted by Gasteiger charge is -2.13. The first-order chi connectivity index (χ1) is 16.2. The standard InChI is InChI=1S/C22H15ClF3N3O3.C2H6/c1-31-16-8-6-15(7-9-16)29-21(30)19(13-2-4-14(23)5-3-13)20-17(28-29)10-11-18(27-20)32-12-22(24,25)26;1-2/h2-11H,12H2,1H3;1-2H3. The highest BCUT2D eigenvalue weighted by Crippen LogP contribution is 2.27. The van der Waals surface area contributed by atoms with Gasteiger partial charge in [0.1, 0.15) is 16.8 Å². The van der Waals surface area contributed by atoms with Crippen LogP contribution in [0, 0.1) is 0 Å². The maximum Gasteiger partial charge on any atom is 0.422 e. The number of aromatic nitrogens is 3. The first-order valence-corrected chi connectivity index (χ1v) is 10.7. The molecule has 0 atom stereocenters. The second-order valence-electron chi connectivity index (χ2n) is 6.72. The highest BCUT2D eigenvalue weighted by atomic mass is 35.5. The number of benzene rings is 2. The van der Waals surface area contributed by atoms with Crippen molar-refractivity contribution in [3.8, 4) is 28.4 Å². The SMILES string of the molecule is CC.COc1ccc(-n2nc3ccc(OCC(F)(F)F)nc3c(-c3ccc(Cl)cc3)c2=O)cc1. The fourth-order valence-electron chi connectivity index (χ4n) is 3.07. The number of nitrogens with zero attached hydrogens (tertiary/aromatic N) is 3. The predicted octanol–water partition coefficient (Wildman–Crippen LogP) is 6.08. The van der Waals surface area contributed by atoms with Crippen LogP contribution in [0.1, 0.15) is 13.8 Å². The number of rotatable bonds is 5. The average Bonchev–Trinajstić information content (AvgIpc) is 2.84. The third-order valence-electron chi connectivity index (χ3n) is 4.53. The molecule has 0 bridgehead atoms. The average molecular weight is 492 g/mol. The predicted molar refractivity (Wildman–Crippen MR) is 125 cm³/mol. The molecule has 0 saturated heterocycles. The first-order valence-electron chi connectivity index (χ1n) is 10.3. The van der Waals surface area contributed by atoms with E-state index in [0.717, 1.165) is 0 Å². The Morgan fingerprint density at radius 3 is 2.21 bits per heavy atom. The fraction of sp³-hybridized carbons (Fsp3) is 0.208. The molecule has 6 nitrogen and oxygen atoms in total. The molecule has 0 aliphatic carbocycles. The molecule has 0 N–H and O–H groups in total. The molecule has 178 valence electrons. The van der Waals surface area contributed by atoms with Gasteiger partial charge < -0.3 is 9.47 Å². The van der Waals surface area contributed by atoms with Gasteiger partial charge in [0.25, 0.3) is 5.56 Å². The van der Waals surface area contributed by atoms with Crippen molar-refractivity contribution in [3.63, 3.8) is 0 Å². The van der Waals surface area contributed by atoms with Crippen molar-refractivity contribution in [3.05, 3.63) is 76.0 Å². The molecule has 0 radical (unpaired) electrons. The van der Waals surface area contributed by atoms with Crippen LogP contribution < -0.4 is 15.0 Å². The third-order valence-corrected chi connectivity index (χ3v) is 4.78. The van der Waals surface area contributed by atoms with Gasteiger partial charge >= 0.3 is 6.18 Å². The number of alkyl halides is 3. The maximum absolute atomic E-state index is 13.4.